The molecule has 0 spiro atoms. The summed E-state index contributed by atoms with van der Waals surface area (Å²) in [5.74, 6) is -0.679. The Bertz CT molecular complexity index is 796. The van der Waals surface area contributed by atoms with Gasteiger partial charge >= 0.3 is 0 Å². The lowest BCUT2D eigenvalue weighted by Gasteiger charge is -2.35. The average Bonchev–Trinajstić information content (AvgIpc) is 3.21. The Morgan fingerprint density at radius 3 is 2.79 bits per heavy atom. The molecule has 5 nitrogen and oxygen atoms in total. The van der Waals surface area contributed by atoms with Gasteiger partial charge in [-0.3, -0.25) is 9.69 Å². The molecule has 2 N–H and O–H groups in total. The van der Waals surface area contributed by atoms with Crippen LogP contribution in [0.4, 0.5) is 0 Å². The van der Waals surface area contributed by atoms with E-state index in [2.05, 4.69) is 27.8 Å². The second-order valence-electron chi connectivity index (χ2n) is 5.87. The van der Waals surface area contributed by atoms with Crippen molar-refractivity contribution < 1.29 is 13.2 Å². The zero-order valence-electron chi connectivity index (χ0n) is 13.2. The summed E-state index contributed by atoms with van der Waals surface area (Å²) in [7, 11) is -3.27. The largest absolute Gasteiger partial charge is 0.370 e. The van der Waals surface area contributed by atoms with E-state index in [9.17, 15) is 13.2 Å². The van der Waals surface area contributed by atoms with Crippen LogP contribution < -0.4 is 5.73 Å². The van der Waals surface area contributed by atoms with Crippen molar-refractivity contribution in [2.24, 2.45) is 5.73 Å². The van der Waals surface area contributed by atoms with Crippen LogP contribution in [0, 0.1) is 0 Å². The number of rotatable bonds is 7. The van der Waals surface area contributed by atoms with Crippen molar-refractivity contribution in [3.05, 3.63) is 44.3 Å². The highest BCUT2D eigenvalue weighted by atomic mass is 32.2. The van der Waals surface area contributed by atoms with Crippen LogP contribution in [0.3, 0.4) is 0 Å². The lowest BCUT2D eigenvalue weighted by Crippen LogP contribution is -2.38. The number of thiophene rings is 2. The molecule has 0 saturated heterocycles. The van der Waals surface area contributed by atoms with Crippen LogP contribution in [0.1, 0.15) is 27.8 Å². The van der Waals surface area contributed by atoms with Crippen molar-refractivity contribution in [2.45, 2.75) is 18.9 Å². The molecule has 0 unspecified atom stereocenters. The van der Waals surface area contributed by atoms with Gasteiger partial charge in [-0.2, -0.15) is 0 Å². The predicted octanol–water partition coefficient (Wildman–Crippen LogP) is 2.05. The molecular weight excluding hydrogens is 364 g/mol. The lowest BCUT2D eigenvalue weighted by molar-refractivity contribution is -0.117. The fourth-order valence-electron chi connectivity index (χ4n) is 3.00. The molecule has 1 amide bonds. The van der Waals surface area contributed by atoms with Gasteiger partial charge in [0.1, 0.15) is 0 Å². The third-order valence-corrected chi connectivity index (χ3v) is 7.78. The number of carbonyl (C=O) groups excluding carboxylic acids is 1. The zero-order valence-corrected chi connectivity index (χ0v) is 15.6. The number of hydrogen-bond acceptors (Lipinski definition) is 6. The molecule has 8 heteroatoms. The first-order chi connectivity index (χ1) is 11.5. The van der Waals surface area contributed by atoms with E-state index >= 15 is 0 Å². The Labute approximate surface area is 150 Å². The molecule has 130 valence electrons. The van der Waals surface area contributed by atoms with Crippen molar-refractivity contribution in [3.63, 3.8) is 0 Å². The third kappa shape index (κ3) is 4.05. The average molecular weight is 385 g/mol. The molecule has 1 aliphatic heterocycles. The molecule has 0 saturated carbocycles. The minimum atomic E-state index is -3.27. The van der Waals surface area contributed by atoms with Gasteiger partial charge < -0.3 is 5.73 Å². The van der Waals surface area contributed by atoms with Crippen LogP contribution in [-0.2, 0) is 21.1 Å². The summed E-state index contributed by atoms with van der Waals surface area (Å²) in [5, 5.41) is 4.16. The van der Waals surface area contributed by atoms with Crippen LogP contribution in [0.15, 0.2) is 29.0 Å². The SMILES string of the molecule is NC(=O)CCS(=O)(=O)CCN1CCc2sccc2[C@@H]1c1cccs1. The summed E-state index contributed by atoms with van der Waals surface area (Å²) in [6, 6.07) is 6.42. The molecule has 0 radical (unpaired) electrons. The molecule has 2 aromatic heterocycles. The van der Waals surface area contributed by atoms with Crippen molar-refractivity contribution in [1.82, 2.24) is 4.90 Å². The van der Waals surface area contributed by atoms with Crippen LogP contribution in [0.2, 0.25) is 0 Å². The first kappa shape index (κ1) is 17.6. The van der Waals surface area contributed by atoms with Crippen molar-refractivity contribution in [2.75, 3.05) is 24.6 Å². The molecule has 0 aliphatic carbocycles. The maximum atomic E-state index is 12.1. The monoisotopic (exact) mass is 384 g/mol. The Hall–Kier alpha value is -1.22. The first-order valence-electron chi connectivity index (χ1n) is 7.79. The number of sulfone groups is 1. The number of nitrogens with two attached hydrogens (primary N) is 1. The molecule has 0 aromatic carbocycles. The summed E-state index contributed by atoms with van der Waals surface area (Å²) >= 11 is 3.47. The van der Waals surface area contributed by atoms with E-state index in [1.807, 2.05) is 6.07 Å². The molecule has 3 rings (SSSR count). The molecule has 1 aliphatic rings. The Balaban J connectivity index is 1.74. The van der Waals surface area contributed by atoms with Crippen LogP contribution >= 0.6 is 22.7 Å². The second kappa shape index (κ2) is 7.35. The van der Waals surface area contributed by atoms with Gasteiger partial charge in [-0.05, 0) is 34.9 Å². The minimum absolute atomic E-state index is 0.0572. The Morgan fingerprint density at radius 2 is 2.08 bits per heavy atom. The Kier molecular flexibility index (Phi) is 5.39. The van der Waals surface area contributed by atoms with Gasteiger partial charge in [0.25, 0.3) is 0 Å². The number of carbonyl (C=O) groups is 1. The molecular formula is C16H20N2O3S3. The van der Waals surface area contributed by atoms with Gasteiger partial charge in [0, 0.05) is 29.3 Å². The highest BCUT2D eigenvalue weighted by Gasteiger charge is 2.30. The van der Waals surface area contributed by atoms with E-state index in [0.29, 0.717) is 6.54 Å². The fraction of sp³-hybridized carbons (Fsp3) is 0.438. The topological polar surface area (TPSA) is 80.5 Å². The van der Waals surface area contributed by atoms with Gasteiger partial charge in [0.2, 0.25) is 5.91 Å². The highest BCUT2D eigenvalue weighted by molar-refractivity contribution is 7.91. The van der Waals surface area contributed by atoms with Crippen LogP contribution in [0.25, 0.3) is 0 Å². The van der Waals surface area contributed by atoms with Crippen molar-refractivity contribution in [3.8, 4) is 0 Å². The summed E-state index contributed by atoms with van der Waals surface area (Å²) in [6.45, 7) is 1.32. The maximum Gasteiger partial charge on any atom is 0.218 e. The summed E-state index contributed by atoms with van der Waals surface area (Å²) in [6.07, 6.45) is 0.849. The third-order valence-electron chi connectivity index (χ3n) is 4.23. The fourth-order valence-corrected chi connectivity index (χ4v) is 6.01. The summed E-state index contributed by atoms with van der Waals surface area (Å²) < 4.78 is 24.3. The van der Waals surface area contributed by atoms with Crippen LogP contribution in [0.5, 0.6) is 0 Å². The number of fused-ring (bicyclic) bond motifs is 1. The van der Waals surface area contributed by atoms with E-state index in [1.165, 1.54) is 15.3 Å². The molecule has 2 aromatic rings. The predicted molar refractivity (Wildman–Crippen MR) is 98.2 cm³/mol. The van der Waals surface area contributed by atoms with Gasteiger partial charge in [0.05, 0.1) is 17.5 Å². The van der Waals surface area contributed by atoms with Crippen LogP contribution in [-0.4, -0.2) is 43.8 Å². The zero-order chi connectivity index (χ0) is 17.2. The van der Waals surface area contributed by atoms with Gasteiger partial charge in [-0.25, -0.2) is 8.42 Å². The van der Waals surface area contributed by atoms with Crippen molar-refractivity contribution in [1.29, 1.82) is 0 Å². The number of amides is 1. The van der Waals surface area contributed by atoms with Gasteiger partial charge in [0.15, 0.2) is 9.84 Å². The molecule has 0 bridgehead atoms. The van der Waals surface area contributed by atoms with Crippen molar-refractivity contribution >= 4 is 38.4 Å². The standard InChI is InChI=1S/C16H20N2O3S3/c17-15(19)5-10-24(20,21)11-7-18-6-3-13-12(4-9-23-13)16(18)14-2-1-8-22-14/h1-2,4,8-9,16H,3,5-7,10-11H2,(H2,17,19)/t16-/m1/s1. The summed E-state index contributed by atoms with van der Waals surface area (Å²) in [4.78, 5) is 15.7. The smallest absolute Gasteiger partial charge is 0.218 e. The number of hydrogen-bond donors (Lipinski definition) is 1. The molecule has 1 atom stereocenters. The normalized spacial score (nSPS) is 18.4. The Morgan fingerprint density at radius 1 is 1.25 bits per heavy atom. The number of primary amides is 1. The maximum absolute atomic E-state index is 12.1. The highest BCUT2D eigenvalue weighted by Crippen LogP contribution is 2.39. The molecule has 24 heavy (non-hydrogen) atoms. The minimum Gasteiger partial charge on any atom is -0.370 e. The molecule has 0 fully saturated rings. The lowest BCUT2D eigenvalue weighted by atomic mass is 9.99. The summed E-state index contributed by atoms with van der Waals surface area (Å²) in [5.41, 5.74) is 6.35. The van der Waals surface area contributed by atoms with E-state index in [1.54, 1.807) is 22.7 Å². The second-order valence-corrected chi connectivity index (χ2v) is 10.2. The van der Waals surface area contributed by atoms with E-state index in [4.69, 9.17) is 5.73 Å². The number of nitrogens with zero attached hydrogens (tertiary/aromatic N) is 1. The molecule has 3 heterocycles. The van der Waals surface area contributed by atoms with Gasteiger partial charge in [-0.1, -0.05) is 6.07 Å². The van der Waals surface area contributed by atoms with E-state index in [-0.39, 0.29) is 24.0 Å². The quantitative estimate of drug-likeness (QED) is 0.792. The first-order valence-corrected chi connectivity index (χ1v) is 11.4. The van der Waals surface area contributed by atoms with E-state index < -0.39 is 15.7 Å². The van der Waals surface area contributed by atoms with E-state index in [0.717, 1.165) is 13.0 Å². The van der Waals surface area contributed by atoms with Gasteiger partial charge in [-0.15, -0.1) is 22.7 Å².